The second kappa shape index (κ2) is 10.1. The van der Waals surface area contributed by atoms with Gasteiger partial charge in [-0.15, -0.1) is 0 Å². The summed E-state index contributed by atoms with van der Waals surface area (Å²) in [6.45, 7) is 6.51. The molecule has 0 atom stereocenters. The fourth-order valence-electron chi connectivity index (χ4n) is 2.22. The molecule has 1 amide bonds. The van der Waals surface area contributed by atoms with Crippen molar-refractivity contribution in [3.8, 4) is 5.75 Å². The van der Waals surface area contributed by atoms with Gasteiger partial charge in [-0.2, -0.15) is 0 Å². The topological polar surface area (TPSA) is 64.6 Å². The first-order valence-electron chi connectivity index (χ1n) is 8.81. The predicted octanol–water partition coefficient (Wildman–Crippen LogP) is 4.98. The summed E-state index contributed by atoms with van der Waals surface area (Å²) in [6, 6.07) is 12.3. The minimum Gasteiger partial charge on any atom is -0.494 e. The molecule has 0 unspecified atom stereocenters. The van der Waals surface area contributed by atoms with Gasteiger partial charge < -0.3 is 14.8 Å². The number of halogens is 1. The molecule has 0 aliphatic carbocycles. The highest BCUT2D eigenvalue weighted by Gasteiger charge is 2.12. The van der Waals surface area contributed by atoms with Crippen molar-refractivity contribution in [3.63, 3.8) is 0 Å². The van der Waals surface area contributed by atoms with Gasteiger partial charge in [0.15, 0.2) is 6.61 Å². The molecule has 0 radical (unpaired) electrons. The molecule has 2 rings (SSSR count). The zero-order chi connectivity index (χ0) is 19.8. The first kappa shape index (κ1) is 21.0. The second-order valence-electron chi connectivity index (χ2n) is 6.66. The van der Waals surface area contributed by atoms with Gasteiger partial charge in [0.1, 0.15) is 5.75 Å². The Labute approximate surface area is 168 Å². The minimum absolute atomic E-state index is 0.355. The Morgan fingerprint density at radius 3 is 2.44 bits per heavy atom. The number of aryl methyl sites for hydroxylation is 1. The Balaban J connectivity index is 1.81. The molecule has 5 nitrogen and oxygen atoms in total. The molecule has 1 N–H and O–H groups in total. The number of carbonyl (C=O) groups excluding carboxylic acids is 2. The smallest absolute Gasteiger partial charge is 0.338 e. The van der Waals surface area contributed by atoms with Crippen LogP contribution in [0.5, 0.6) is 5.75 Å². The van der Waals surface area contributed by atoms with Crippen LogP contribution in [-0.2, 0) is 9.53 Å². The van der Waals surface area contributed by atoms with E-state index in [-0.39, 0.29) is 6.61 Å². The van der Waals surface area contributed by atoms with Crippen molar-refractivity contribution >= 4 is 33.5 Å². The first-order chi connectivity index (χ1) is 12.8. The number of nitrogens with one attached hydrogen (secondary N) is 1. The Bertz CT molecular complexity index is 787. The fraction of sp³-hybridized carbons (Fsp3) is 0.333. The number of hydrogen-bond donors (Lipinski definition) is 1. The lowest BCUT2D eigenvalue weighted by molar-refractivity contribution is -0.119. The van der Waals surface area contributed by atoms with Crippen molar-refractivity contribution in [2.45, 2.75) is 27.2 Å². The van der Waals surface area contributed by atoms with Gasteiger partial charge in [-0.25, -0.2) is 4.79 Å². The fourth-order valence-corrected chi connectivity index (χ4v) is 2.81. The quantitative estimate of drug-likeness (QED) is 0.596. The van der Waals surface area contributed by atoms with E-state index in [2.05, 4.69) is 35.1 Å². The standard InChI is InChI=1S/C21H24BrNO4/c1-14(2)10-11-26-17-7-5-16(6-8-17)21(25)27-13-20(24)23-19-9-4-15(3)12-18(19)22/h4-9,12,14H,10-11,13H2,1-3H3,(H,23,24). The van der Waals surface area contributed by atoms with Crippen LogP contribution in [0.3, 0.4) is 0 Å². The monoisotopic (exact) mass is 433 g/mol. The predicted molar refractivity (Wildman–Crippen MR) is 109 cm³/mol. The Morgan fingerprint density at radius 2 is 1.81 bits per heavy atom. The lowest BCUT2D eigenvalue weighted by atomic mass is 10.1. The molecule has 0 saturated carbocycles. The van der Waals surface area contributed by atoms with Crippen molar-refractivity contribution in [2.75, 3.05) is 18.5 Å². The molecular weight excluding hydrogens is 410 g/mol. The molecule has 2 aromatic carbocycles. The summed E-state index contributed by atoms with van der Waals surface area (Å²) in [5.74, 6) is 0.323. The molecule has 2 aromatic rings. The van der Waals surface area contributed by atoms with Gasteiger partial charge >= 0.3 is 5.97 Å². The van der Waals surface area contributed by atoms with E-state index in [1.54, 1.807) is 30.3 Å². The van der Waals surface area contributed by atoms with Crippen LogP contribution in [0.4, 0.5) is 5.69 Å². The molecule has 0 aliphatic heterocycles. The van der Waals surface area contributed by atoms with Crippen LogP contribution in [-0.4, -0.2) is 25.1 Å². The average molecular weight is 434 g/mol. The van der Waals surface area contributed by atoms with Crippen LogP contribution < -0.4 is 10.1 Å². The Hall–Kier alpha value is -2.34. The van der Waals surface area contributed by atoms with Crippen molar-refractivity contribution in [2.24, 2.45) is 5.92 Å². The summed E-state index contributed by atoms with van der Waals surface area (Å²) in [4.78, 5) is 24.1. The highest BCUT2D eigenvalue weighted by atomic mass is 79.9. The minimum atomic E-state index is -0.554. The van der Waals surface area contributed by atoms with Crippen molar-refractivity contribution in [1.82, 2.24) is 0 Å². The third-order valence-electron chi connectivity index (χ3n) is 3.79. The van der Waals surface area contributed by atoms with Gasteiger partial charge in [-0.3, -0.25) is 4.79 Å². The summed E-state index contributed by atoms with van der Waals surface area (Å²) >= 11 is 3.39. The largest absolute Gasteiger partial charge is 0.494 e. The molecule has 0 bridgehead atoms. The third-order valence-corrected chi connectivity index (χ3v) is 4.44. The van der Waals surface area contributed by atoms with E-state index in [1.165, 1.54) is 0 Å². The van der Waals surface area contributed by atoms with Gasteiger partial charge in [-0.05, 0) is 77.2 Å². The van der Waals surface area contributed by atoms with Crippen molar-refractivity contribution in [1.29, 1.82) is 0 Å². The summed E-state index contributed by atoms with van der Waals surface area (Å²) in [5.41, 5.74) is 2.07. The zero-order valence-corrected chi connectivity index (χ0v) is 17.3. The maximum absolute atomic E-state index is 12.1. The molecule has 0 aromatic heterocycles. The number of esters is 1. The number of rotatable bonds is 8. The lowest BCUT2D eigenvalue weighted by Gasteiger charge is -2.10. The second-order valence-corrected chi connectivity index (χ2v) is 7.52. The van der Waals surface area contributed by atoms with Gasteiger partial charge in [0, 0.05) is 4.47 Å². The third kappa shape index (κ3) is 7.06. The first-order valence-corrected chi connectivity index (χ1v) is 9.60. The highest BCUT2D eigenvalue weighted by molar-refractivity contribution is 9.10. The van der Waals surface area contributed by atoms with E-state index in [0.717, 1.165) is 16.5 Å². The summed E-state index contributed by atoms with van der Waals surface area (Å²) in [7, 11) is 0. The van der Waals surface area contributed by atoms with E-state index in [9.17, 15) is 9.59 Å². The molecule has 0 aliphatic rings. The number of hydrogen-bond acceptors (Lipinski definition) is 4. The number of ether oxygens (including phenoxy) is 2. The molecular formula is C21H24BrNO4. The average Bonchev–Trinajstić information content (AvgIpc) is 2.62. The van der Waals surface area contributed by atoms with Crippen LogP contribution in [0, 0.1) is 12.8 Å². The van der Waals surface area contributed by atoms with Crippen LogP contribution in [0.15, 0.2) is 46.9 Å². The molecule has 0 saturated heterocycles. The van der Waals surface area contributed by atoms with E-state index < -0.39 is 11.9 Å². The Kier molecular flexibility index (Phi) is 7.85. The van der Waals surface area contributed by atoms with Crippen LogP contribution in [0.1, 0.15) is 36.2 Å². The van der Waals surface area contributed by atoms with Crippen LogP contribution >= 0.6 is 15.9 Å². The number of benzene rings is 2. The number of amides is 1. The summed E-state index contributed by atoms with van der Waals surface area (Å²) in [6.07, 6.45) is 0.968. The highest BCUT2D eigenvalue weighted by Crippen LogP contribution is 2.23. The number of anilines is 1. The van der Waals surface area contributed by atoms with E-state index in [1.807, 2.05) is 19.1 Å². The summed E-state index contributed by atoms with van der Waals surface area (Å²) < 4.78 is 11.5. The van der Waals surface area contributed by atoms with Gasteiger partial charge in [0.25, 0.3) is 5.91 Å². The van der Waals surface area contributed by atoms with Crippen molar-refractivity contribution in [3.05, 3.63) is 58.1 Å². The lowest BCUT2D eigenvalue weighted by Crippen LogP contribution is -2.21. The van der Waals surface area contributed by atoms with Gasteiger partial charge in [-0.1, -0.05) is 19.9 Å². The maximum atomic E-state index is 12.1. The molecule has 6 heteroatoms. The zero-order valence-electron chi connectivity index (χ0n) is 15.8. The van der Waals surface area contributed by atoms with Crippen molar-refractivity contribution < 1.29 is 19.1 Å². The van der Waals surface area contributed by atoms with Gasteiger partial charge in [0.2, 0.25) is 0 Å². The summed E-state index contributed by atoms with van der Waals surface area (Å²) in [5, 5.41) is 2.70. The molecule has 27 heavy (non-hydrogen) atoms. The SMILES string of the molecule is Cc1ccc(NC(=O)COC(=O)c2ccc(OCCC(C)C)cc2)c(Br)c1. The van der Waals surface area contributed by atoms with E-state index >= 15 is 0 Å². The maximum Gasteiger partial charge on any atom is 0.338 e. The van der Waals surface area contributed by atoms with Crippen LogP contribution in [0.2, 0.25) is 0 Å². The molecule has 0 fully saturated rings. The number of carbonyl (C=O) groups is 2. The Morgan fingerprint density at radius 1 is 1.11 bits per heavy atom. The van der Waals surface area contributed by atoms with Gasteiger partial charge in [0.05, 0.1) is 17.9 Å². The van der Waals surface area contributed by atoms with E-state index in [0.29, 0.717) is 29.5 Å². The molecule has 0 heterocycles. The molecule has 144 valence electrons. The van der Waals surface area contributed by atoms with E-state index in [4.69, 9.17) is 9.47 Å². The van der Waals surface area contributed by atoms with Crippen LogP contribution in [0.25, 0.3) is 0 Å². The molecule has 0 spiro atoms. The normalized spacial score (nSPS) is 10.6.